The molecule has 1 aliphatic rings. The molecule has 0 saturated carbocycles. The fraction of sp³-hybridized carbons (Fsp3) is 0.375. The zero-order valence-electron chi connectivity index (χ0n) is 19.8. The number of rotatable bonds is 8. The minimum atomic E-state index is -2.95. The van der Waals surface area contributed by atoms with Gasteiger partial charge in [-0.15, -0.1) is 0 Å². The molecule has 2 aromatic rings. The second-order valence-electron chi connectivity index (χ2n) is 8.36. The molecule has 2 amide bonds. The van der Waals surface area contributed by atoms with Gasteiger partial charge in [-0.2, -0.15) is 0 Å². The number of carbonyl (C=O) groups excluding carboxylic acids is 3. The summed E-state index contributed by atoms with van der Waals surface area (Å²) >= 11 is 0. The molecular weight excluding hydrogens is 483 g/mol. The van der Waals surface area contributed by atoms with Crippen molar-refractivity contribution in [2.75, 3.05) is 6.54 Å². The molecule has 6 N–H and O–H groups in total. The van der Waals surface area contributed by atoms with Crippen LogP contribution in [-0.2, 0) is 14.3 Å². The van der Waals surface area contributed by atoms with Gasteiger partial charge in [-0.3, -0.25) is 9.59 Å². The fourth-order valence-corrected chi connectivity index (χ4v) is 3.89. The van der Waals surface area contributed by atoms with Gasteiger partial charge in [0.05, 0.1) is 18.2 Å². The van der Waals surface area contributed by atoms with Gasteiger partial charge in [0.15, 0.2) is 0 Å². The second-order valence-corrected chi connectivity index (χ2v) is 8.36. The van der Waals surface area contributed by atoms with Crippen molar-refractivity contribution >= 4 is 17.8 Å². The minimum absolute atomic E-state index is 0. The van der Waals surface area contributed by atoms with Crippen LogP contribution in [0.4, 0.5) is 0 Å². The maximum atomic E-state index is 12.5. The molecule has 1 fully saturated rings. The maximum absolute atomic E-state index is 12.5. The normalized spacial score (nSPS) is 25.1. The van der Waals surface area contributed by atoms with Crippen LogP contribution in [0.25, 0.3) is 11.1 Å². The summed E-state index contributed by atoms with van der Waals surface area (Å²) in [6, 6.07) is 14.9. The van der Waals surface area contributed by atoms with Gasteiger partial charge in [0, 0.05) is 25.5 Å². The van der Waals surface area contributed by atoms with Crippen molar-refractivity contribution in [2.24, 2.45) is 0 Å². The zero-order chi connectivity index (χ0) is 25.8. The summed E-state index contributed by atoms with van der Waals surface area (Å²) in [5, 5.41) is 57.4. The minimum Gasteiger partial charge on any atom is -0.544 e. The zero-order valence-corrected chi connectivity index (χ0v) is 21.8. The van der Waals surface area contributed by atoms with Gasteiger partial charge in [-0.1, -0.05) is 42.5 Å². The molecule has 11 nitrogen and oxygen atoms in total. The van der Waals surface area contributed by atoms with E-state index in [0.717, 1.165) is 18.1 Å². The topological polar surface area (TPSA) is 188 Å². The van der Waals surface area contributed by atoms with Crippen LogP contribution in [0, 0.1) is 0 Å². The van der Waals surface area contributed by atoms with Crippen molar-refractivity contribution < 1.29 is 74.2 Å². The summed E-state index contributed by atoms with van der Waals surface area (Å²) < 4.78 is 5.04. The van der Waals surface area contributed by atoms with E-state index in [0.29, 0.717) is 0 Å². The number of carbonyl (C=O) groups is 3. The fourth-order valence-electron chi connectivity index (χ4n) is 3.89. The maximum Gasteiger partial charge on any atom is 1.00 e. The Morgan fingerprint density at radius 1 is 1.08 bits per heavy atom. The molecule has 0 aliphatic carbocycles. The first-order valence-electron chi connectivity index (χ1n) is 10.9. The quantitative estimate of drug-likeness (QED) is 0.189. The first-order valence-corrected chi connectivity index (χ1v) is 10.9. The summed E-state index contributed by atoms with van der Waals surface area (Å²) in [7, 11) is 0. The number of ether oxygens (including phenoxy) is 1. The molecule has 0 aromatic heterocycles. The van der Waals surface area contributed by atoms with Crippen molar-refractivity contribution in [1.82, 2.24) is 10.6 Å². The van der Waals surface area contributed by atoms with Crippen molar-refractivity contribution in [3.63, 3.8) is 0 Å². The van der Waals surface area contributed by atoms with Crippen LogP contribution in [-0.4, -0.2) is 81.0 Å². The van der Waals surface area contributed by atoms with Crippen LogP contribution >= 0.6 is 0 Å². The third-order valence-electron chi connectivity index (χ3n) is 5.73. The monoisotopic (exact) mass is 510 g/mol. The van der Waals surface area contributed by atoms with Crippen molar-refractivity contribution in [3.05, 3.63) is 60.2 Å². The molecule has 3 rings (SSSR count). The molecule has 6 unspecified atom stereocenters. The predicted octanol–water partition coefficient (Wildman–Crippen LogP) is -5.10. The Balaban J connectivity index is 0.00000456. The van der Waals surface area contributed by atoms with Gasteiger partial charge in [0.2, 0.25) is 11.7 Å². The average molecular weight is 510 g/mol. The molecule has 1 heterocycles. The first-order chi connectivity index (χ1) is 16.5. The number of amides is 2. The van der Waals surface area contributed by atoms with Gasteiger partial charge < -0.3 is 45.7 Å². The van der Waals surface area contributed by atoms with E-state index in [-0.39, 0.29) is 35.1 Å². The summed E-state index contributed by atoms with van der Waals surface area (Å²) in [6.07, 6.45) is -7.83. The molecule has 0 spiro atoms. The van der Waals surface area contributed by atoms with Crippen LogP contribution in [0.1, 0.15) is 23.7 Å². The van der Waals surface area contributed by atoms with E-state index >= 15 is 0 Å². The molecule has 1 saturated heterocycles. The number of carboxylic acid groups (broad SMARTS) is 1. The van der Waals surface area contributed by atoms with Crippen LogP contribution in [0.15, 0.2) is 54.6 Å². The molecule has 36 heavy (non-hydrogen) atoms. The van der Waals surface area contributed by atoms with E-state index in [9.17, 15) is 39.9 Å². The summed E-state index contributed by atoms with van der Waals surface area (Å²) in [6.45, 7) is 0.641. The molecule has 1 aliphatic heterocycles. The van der Waals surface area contributed by atoms with E-state index in [1.807, 2.05) is 30.3 Å². The van der Waals surface area contributed by atoms with Gasteiger partial charge >= 0.3 is 29.6 Å². The van der Waals surface area contributed by atoms with Crippen LogP contribution in [0.5, 0.6) is 0 Å². The Bertz CT molecular complexity index is 1050. The van der Waals surface area contributed by atoms with Gasteiger partial charge in [0.1, 0.15) is 18.2 Å². The van der Waals surface area contributed by atoms with E-state index < -0.39 is 67.0 Å². The van der Waals surface area contributed by atoms with Gasteiger partial charge in [0.25, 0.3) is 5.91 Å². The molecule has 6 atom stereocenters. The predicted molar refractivity (Wildman–Crippen MR) is 119 cm³/mol. The first kappa shape index (κ1) is 29.9. The number of aliphatic hydroxyl groups excluding tert-OH is 3. The number of benzene rings is 2. The Labute approximate surface area is 229 Å². The number of aliphatic hydroxyl groups is 4. The third kappa shape index (κ3) is 7.11. The van der Waals surface area contributed by atoms with Crippen LogP contribution in [0.2, 0.25) is 0 Å². The van der Waals surface area contributed by atoms with Gasteiger partial charge in [-0.25, -0.2) is 0 Å². The summed E-state index contributed by atoms with van der Waals surface area (Å²) in [5.74, 6) is -6.19. The molecule has 2 aromatic carbocycles. The summed E-state index contributed by atoms with van der Waals surface area (Å²) in [4.78, 5) is 35.3. The number of carboxylic acids is 1. The van der Waals surface area contributed by atoms with Crippen molar-refractivity contribution in [1.29, 1.82) is 0 Å². The largest absolute Gasteiger partial charge is 1.00 e. The Morgan fingerprint density at radius 3 is 2.22 bits per heavy atom. The number of aliphatic carboxylic acids is 1. The Morgan fingerprint density at radius 2 is 1.67 bits per heavy atom. The third-order valence-corrected chi connectivity index (χ3v) is 5.73. The Hall–Kier alpha value is -2.35. The van der Waals surface area contributed by atoms with Gasteiger partial charge in [-0.05, 0) is 23.3 Å². The smallest absolute Gasteiger partial charge is 0.544 e. The number of hydrogen-bond acceptors (Lipinski definition) is 9. The van der Waals surface area contributed by atoms with Crippen LogP contribution < -0.4 is 45.3 Å². The van der Waals surface area contributed by atoms with E-state index in [4.69, 9.17) is 4.74 Å². The second kappa shape index (κ2) is 12.7. The van der Waals surface area contributed by atoms with Crippen molar-refractivity contribution in [2.45, 2.75) is 49.6 Å². The molecule has 12 heteroatoms. The number of hydrogen-bond donors (Lipinski definition) is 6. The molecule has 188 valence electrons. The SMILES string of the molecule is CC(=O)NC1C(O)CC(O)(C(=O)[O-])OC1C(O)C(O)CNC(=O)c1ccc(-c2ccccc2)cc1.[Na+]. The Kier molecular flexibility index (Phi) is 10.6. The van der Waals surface area contributed by atoms with Crippen molar-refractivity contribution in [3.8, 4) is 11.1 Å². The van der Waals surface area contributed by atoms with Crippen LogP contribution in [0.3, 0.4) is 0 Å². The molecule has 0 bridgehead atoms. The van der Waals surface area contributed by atoms with E-state index in [1.54, 1.807) is 24.3 Å². The molecule has 0 radical (unpaired) electrons. The van der Waals surface area contributed by atoms with E-state index in [1.165, 1.54) is 0 Å². The average Bonchev–Trinajstić information content (AvgIpc) is 2.83. The molecular formula is C24H27N2NaO9. The number of nitrogens with one attached hydrogen (secondary N) is 2. The standard InChI is InChI=1S/C24H28N2O9.Na/c1-13(27)26-19-17(28)11-24(34,23(32)33)35-21(19)20(30)18(29)12-25-22(31)16-9-7-15(8-10-16)14-5-3-2-4-6-14;/h2-10,17-21,28-30,34H,11-12H2,1H3,(H,25,31)(H,26,27)(H,32,33);/q;+1/p-1. The summed E-state index contributed by atoms with van der Waals surface area (Å²) in [5.41, 5.74) is 2.16. The van der Waals surface area contributed by atoms with E-state index in [2.05, 4.69) is 10.6 Å².